The average Bonchev–Trinajstić information content (AvgIpc) is 2.60. The van der Waals surface area contributed by atoms with Crippen molar-refractivity contribution in [3.05, 3.63) is 29.1 Å². The third kappa shape index (κ3) is 4.61. The van der Waals surface area contributed by atoms with Crippen LogP contribution in [0.4, 0.5) is 0 Å². The van der Waals surface area contributed by atoms with E-state index in [2.05, 4.69) is 12.1 Å². The highest BCUT2D eigenvalue weighted by Crippen LogP contribution is 2.24. The summed E-state index contributed by atoms with van der Waals surface area (Å²) in [4.78, 5) is 30.3. The van der Waals surface area contributed by atoms with Gasteiger partial charge >= 0.3 is 5.97 Å². The number of pyridine rings is 1. The van der Waals surface area contributed by atoms with Gasteiger partial charge in [-0.3, -0.25) is 14.6 Å². The van der Waals surface area contributed by atoms with Gasteiger partial charge in [-0.05, 0) is 63.0 Å². The molecule has 1 aromatic rings. The van der Waals surface area contributed by atoms with E-state index in [0.29, 0.717) is 5.92 Å². The zero-order chi connectivity index (χ0) is 18.5. The summed E-state index contributed by atoms with van der Waals surface area (Å²) in [6.07, 6.45) is 6.82. The molecule has 26 heavy (non-hydrogen) atoms. The van der Waals surface area contributed by atoms with Crippen molar-refractivity contribution >= 4 is 11.9 Å². The van der Waals surface area contributed by atoms with Gasteiger partial charge in [0.15, 0.2) is 0 Å². The van der Waals surface area contributed by atoms with E-state index in [1.165, 1.54) is 29.8 Å². The first-order chi connectivity index (χ1) is 12.6. The van der Waals surface area contributed by atoms with Gasteiger partial charge in [0.05, 0.1) is 13.0 Å². The summed E-state index contributed by atoms with van der Waals surface area (Å²) in [6, 6.07) is 3.54. The zero-order valence-electron chi connectivity index (χ0n) is 15.6. The summed E-state index contributed by atoms with van der Waals surface area (Å²) in [7, 11) is 0. The lowest BCUT2D eigenvalue weighted by Gasteiger charge is -2.39. The predicted octanol–water partition coefficient (Wildman–Crippen LogP) is 1.63. The molecule has 2 N–H and O–H groups in total. The fraction of sp³-hybridized carbons (Fsp3) is 0.650. The van der Waals surface area contributed by atoms with Crippen molar-refractivity contribution in [2.45, 2.75) is 57.9 Å². The van der Waals surface area contributed by atoms with E-state index in [-0.39, 0.29) is 18.9 Å². The molecule has 1 saturated heterocycles. The molecule has 6 heteroatoms. The van der Waals surface area contributed by atoms with Crippen LogP contribution in [0.5, 0.6) is 0 Å². The summed E-state index contributed by atoms with van der Waals surface area (Å²) < 4.78 is 4.84. The minimum atomic E-state index is -0.860. The Morgan fingerprint density at radius 2 is 2.08 bits per heavy atom. The van der Waals surface area contributed by atoms with Crippen molar-refractivity contribution < 1.29 is 14.3 Å². The van der Waals surface area contributed by atoms with Crippen LogP contribution in [0.3, 0.4) is 0 Å². The fourth-order valence-corrected chi connectivity index (χ4v) is 3.72. The Morgan fingerprint density at radius 1 is 1.31 bits per heavy atom. The van der Waals surface area contributed by atoms with Gasteiger partial charge < -0.3 is 15.4 Å². The maximum absolute atomic E-state index is 12.2. The maximum atomic E-state index is 12.2. The Hall–Kier alpha value is -1.95. The Bertz CT molecular complexity index is 656. The number of rotatable bonds is 7. The molecule has 0 unspecified atom stereocenters. The first-order valence-corrected chi connectivity index (χ1v) is 9.74. The van der Waals surface area contributed by atoms with Gasteiger partial charge in [0.1, 0.15) is 6.04 Å². The summed E-state index contributed by atoms with van der Waals surface area (Å²) in [5.74, 6) is -0.0549. The van der Waals surface area contributed by atoms with E-state index < -0.39 is 12.0 Å². The molecule has 1 atom stereocenters. The van der Waals surface area contributed by atoms with Gasteiger partial charge in [0.2, 0.25) is 5.91 Å². The largest absolute Gasteiger partial charge is 0.465 e. The van der Waals surface area contributed by atoms with Crippen molar-refractivity contribution in [2.75, 3.05) is 19.7 Å². The normalized spacial score (nSPS) is 18.0. The molecule has 1 amide bonds. The lowest BCUT2D eigenvalue weighted by molar-refractivity contribution is -0.148. The third-order valence-corrected chi connectivity index (χ3v) is 5.34. The number of carbonyl (C=O) groups is 2. The summed E-state index contributed by atoms with van der Waals surface area (Å²) in [6.45, 7) is 3.51. The highest BCUT2D eigenvalue weighted by molar-refractivity contribution is 5.85. The summed E-state index contributed by atoms with van der Waals surface area (Å²) in [5.41, 5.74) is 9.58. The SMILES string of the molecule is CCOC(=O)[C@@H](N)CC(=O)N1CC(CCc2ccc3c(n2)CCCC3)C1. The Balaban J connectivity index is 1.39. The maximum Gasteiger partial charge on any atom is 0.323 e. The second-order valence-electron chi connectivity index (χ2n) is 7.38. The number of amides is 1. The number of hydrogen-bond donors (Lipinski definition) is 1. The van der Waals surface area contributed by atoms with Crippen LogP contribution < -0.4 is 5.73 Å². The van der Waals surface area contributed by atoms with Gasteiger partial charge in [-0.1, -0.05) is 6.07 Å². The average molecular weight is 359 g/mol. The number of esters is 1. The molecule has 0 spiro atoms. The van der Waals surface area contributed by atoms with Crippen LogP contribution in [-0.4, -0.2) is 47.5 Å². The van der Waals surface area contributed by atoms with Crippen LogP contribution in [0.1, 0.15) is 49.6 Å². The van der Waals surface area contributed by atoms with Crippen molar-refractivity contribution in [1.29, 1.82) is 0 Å². The smallest absolute Gasteiger partial charge is 0.323 e. The minimum Gasteiger partial charge on any atom is -0.465 e. The fourth-order valence-electron chi connectivity index (χ4n) is 3.72. The van der Waals surface area contributed by atoms with E-state index in [4.69, 9.17) is 15.5 Å². The molecule has 1 aliphatic heterocycles. The van der Waals surface area contributed by atoms with E-state index >= 15 is 0 Å². The molecule has 0 bridgehead atoms. The predicted molar refractivity (Wildman–Crippen MR) is 98.5 cm³/mol. The molecule has 1 aliphatic carbocycles. The summed E-state index contributed by atoms with van der Waals surface area (Å²) >= 11 is 0. The number of nitrogens with two attached hydrogens (primary N) is 1. The van der Waals surface area contributed by atoms with Crippen molar-refractivity contribution in [1.82, 2.24) is 9.88 Å². The van der Waals surface area contributed by atoms with Gasteiger partial charge in [-0.15, -0.1) is 0 Å². The molecular formula is C20H29N3O3. The summed E-state index contributed by atoms with van der Waals surface area (Å²) in [5, 5.41) is 0. The molecule has 6 nitrogen and oxygen atoms in total. The minimum absolute atomic E-state index is 0.0257. The standard InChI is InChI=1S/C20H29N3O3/c1-2-26-20(25)17(21)11-19(24)23-12-14(13-23)7-9-16-10-8-15-5-3-4-6-18(15)22-16/h8,10,14,17H,2-7,9,11-13,21H2,1H3/t17-/m0/s1. The van der Waals surface area contributed by atoms with Crippen LogP contribution >= 0.6 is 0 Å². The van der Waals surface area contributed by atoms with Crippen LogP contribution in [0.25, 0.3) is 0 Å². The molecule has 2 aliphatic rings. The molecule has 142 valence electrons. The second-order valence-corrected chi connectivity index (χ2v) is 7.38. The topological polar surface area (TPSA) is 85.5 Å². The molecule has 0 aromatic carbocycles. The number of hydrogen-bond acceptors (Lipinski definition) is 5. The first kappa shape index (κ1) is 18.8. The lowest BCUT2D eigenvalue weighted by atomic mass is 9.92. The van der Waals surface area contributed by atoms with Crippen LogP contribution in [0, 0.1) is 5.92 Å². The van der Waals surface area contributed by atoms with Gasteiger partial charge in [-0.2, -0.15) is 0 Å². The highest BCUT2D eigenvalue weighted by atomic mass is 16.5. The zero-order valence-corrected chi connectivity index (χ0v) is 15.6. The van der Waals surface area contributed by atoms with Crippen LogP contribution in [-0.2, 0) is 33.6 Å². The van der Waals surface area contributed by atoms with Crippen molar-refractivity contribution in [3.8, 4) is 0 Å². The Morgan fingerprint density at radius 3 is 2.85 bits per heavy atom. The monoisotopic (exact) mass is 359 g/mol. The number of nitrogens with zero attached hydrogens (tertiary/aromatic N) is 2. The number of ether oxygens (including phenoxy) is 1. The highest BCUT2D eigenvalue weighted by Gasteiger charge is 2.32. The molecule has 0 radical (unpaired) electrons. The molecule has 0 saturated carbocycles. The van der Waals surface area contributed by atoms with E-state index in [9.17, 15) is 9.59 Å². The quantitative estimate of drug-likeness (QED) is 0.748. The Labute approximate surface area is 155 Å². The lowest BCUT2D eigenvalue weighted by Crippen LogP contribution is -2.52. The van der Waals surface area contributed by atoms with E-state index in [1.54, 1.807) is 11.8 Å². The number of likely N-dealkylation sites (tertiary alicyclic amines) is 1. The molecule has 3 rings (SSSR count). The first-order valence-electron chi connectivity index (χ1n) is 9.74. The number of fused-ring (bicyclic) bond motifs is 1. The van der Waals surface area contributed by atoms with Crippen LogP contribution in [0.2, 0.25) is 0 Å². The number of aryl methyl sites for hydroxylation is 3. The molecule has 2 heterocycles. The number of aromatic nitrogens is 1. The Kier molecular flexibility index (Phi) is 6.25. The van der Waals surface area contributed by atoms with Crippen LogP contribution in [0.15, 0.2) is 12.1 Å². The third-order valence-electron chi connectivity index (χ3n) is 5.34. The molecular weight excluding hydrogens is 330 g/mol. The van der Waals surface area contributed by atoms with Crippen molar-refractivity contribution in [2.24, 2.45) is 11.7 Å². The van der Waals surface area contributed by atoms with Gasteiger partial charge in [0.25, 0.3) is 0 Å². The second kappa shape index (κ2) is 8.62. The number of carbonyl (C=O) groups excluding carboxylic acids is 2. The van der Waals surface area contributed by atoms with Gasteiger partial charge in [0, 0.05) is 24.5 Å². The van der Waals surface area contributed by atoms with E-state index in [0.717, 1.165) is 38.8 Å². The van der Waals surface area contributed by atoms with Gasteiger partial charge in [-0.25, -0.2) is 0 Å². The van der Waals surface area contributed by atoms with E-state index in [1.807, 2.05) is 0 Å². The molecule has 1 fully saturated rings. The van der Waals surface area contributed by atoms with Crippen molar-refractivity contribution in [3.63, 3.8) is 0 Å². The molecule has 1 aromatic heterocycles.